The minimum atomic E-state index is -0.109. The highest BCUT2D eigenvalue weighted by molar-refractivity contribution is 7.34. The molecule has 7 heteroatoms. The quantitative estimate of drug-likeness (QED) is 0.436. The van der Waals surface area contributed by atoms with E-state index in [4.69, 9.17) is 0 Å². The summed E-state index contributed by atoms with van der Waals surface area (Å²) in [5.74, 6) is 0. The van der Waals surface area contributed by atoms with Gasteiger partial charge in [0.25, 0.3) is 0 Å². The van der Waals surface area contributed by atoms with Crippen LogP contribution in [0.4, 0.5) is 0 Å². The number of hydrogen-bond donors (Lipinski definition) is 0. The molecule has 0 bridgehead atoms. The van der Waals surface area contributed by atoms with Crippen molar-refractivity contribution >= 4 is 74.6 Å². The fraction of sp³-hybridized carbons (Fsp3) is 0.143. The van der Waals surface area contributed by atoms with Gasteiger partial charge in [-0.15, -0.1) is 34.0 Å². The number of fused-ring (bicyclic) bond motifs is 7. The molecule has 0 spiro atoms. The average molecular weight is 330 g/mol. The highest BCUT2D eigenvalue weighted by atomic mass is 32.1. The van der Waals surface area contributed by atoms with Crippen molar-refractivity contribution in [1.82, 2.24) is 9.97 Å². The van der Waals surface area contributed by atoms with E-state index < -0.39 is 0 Å². The van der Waals surface area contributed by atoms with Gasteiger partial charge in [-0.25, -0.2) is 9.97 Å². The summed E-state index contributed by atoms with van der Waals surface area (Å²) >= 11 is 4.57. The Morgan fingerprint density at radius 2 is 1.10 bits per heavy atom. The number of hydrogen-bond acceptors (Lipinski definition) is 7. The Kier molecular flexibility index (Phi) is 2.01. The monoisotopic (exact) mass is 330 g/mol. The van der Waals surface area contributed by atoms with Gasteiger partial charge in [0.1, 0.15) is 11.0 Å². The Balaban J connectivity index is 2.18. The van der Waals surface area contributed by atoms with E-state index in [0.717, 1.165) is 28.8 Å². The SMILES string of the molecule is Cc1nc2c(=O)c3c(sc4c5sc(C)nc5c(=O)c43)c2s1. The molecule has 21 heavy (non-hydrogen) atoms. The third-order valence-corrected chi connectivity index (χ3v) is 7.13. The zero-order chi connectivity index (χ0) is 14.5. The van der Waals surface area contributed by atoms with E-state index in [0.29, 0.717) is 21.8 Å². The Morgan fingerprint density at radius 1 is 0.667 bits per heavy atom. The van der Waals surface area contributed by atoms with Crippen LogP contribution in [0.15, 0.2) is 9.59 Å². The fourth-order valence-electron chi connectivity index (χ4n) is 2.89. The minimum absolute atomic E-state index is 0.109. The maximum atomic E-state index is 12.6. The van der Waals surface area contributed by atoms with Crippen LogP contribution in [-0.4, -0.2) is 9.97 Å². The lowest BCUT2D eigenvalue weighted by Crippen LogP contribution is -2.00. The second kappa shape index (κ2) is 3.55. The van der Waals surface area contributed by atoms with E-state index in [-0.39, 0.29) is 10.9 Å². The van der Waals surface area contributed by atoms with E-state index in [1.807, 2.05) is 13.8 Å². The number of thiazole rings is 2. The van der Waals surface area contributed by atoms with E-state index in [2.05, 4.69) is 9.97 Å². The van der Waals surface area contributed by atoms with Crippen molar-refractivity contribution in [3.05, 3.63) is 30.5 Å². The summed E-state index contributed by atoms with van der Waals surface area (Å²) < 4.78 is 3.66. The van der Waals surface area contributed by atoms with Gasteiger partial charge in [0.2, 0.25) is 10.9 Å². The normalized spacial score (nSPS) is 12.7. The predicted octanol–water partition coefficient (Wildman–Crippen LogP) is 3.49. The van der Waals surface area contributed by atoms with E-state index >= 15 is 0 Å². The van der Waals surface area contributed by atoms with Gasteiger partial charge in [-0.3, -0.25) is 9.59 Å². The van der Waals surface area contributed by atoms with Crippen molar-refractivity contribution in [3.63, 3.8) is 0 Å². The molecule has 102 valence electrons. The molecule has 0 atom stereocenters. The second-order valence-corrected chi connectivity index (χ2v) is 8.42. The topological polar surface area (TPSA) is 59.9 Å². The minimum Gasteiger partial charge on any atom is -0.287 e. The first-order valence-electron chi connectivity index (χ1n) is 6.28. The largest absolute Gasteiger partial charge is 0.287 e. The summed E-state index contributed by atoms with van der Waals surface area (Å²) in [6.07, 6.45) is 0. The zero-order valence-electron chi connectivity index (χ0n) is 10.9. The predicted molar refractivity (Wildman–Crippen MR) is 90.1 cm³/mol. The molecule has 2 aromatic carbocycles. The molecule has 3 heterocycles. The Labute approximate surface area is 129 Å². The number of aromatic nitrogens is 2. The third kappa shape index (κ3) is 1.25. The van der Waals surface area contributed by atoms with Gasteiger partial charge >= 0.3 is 0 Å². The van der Waals surface area contributed by atoms with Gasteiger partial charge < -0.3 is 0 Å². The molecule has 0 amide bonds. The molecule has 0 aliphatic rings. The lowest BCUT2D eigenvalue weighted by molar-refractivity contribution is 1.34. The van der Waals surface area contributed by atoms with Crippen LogP contribution >= 0.6 is 34.0 Å². The van der Waals surface area contributed by atoms with Crippen molar-refractivity contribution in [3.8, 4) is 0 Å². The number of nitrogens with zero attached hydrogens (tertiary/aromatic N) is 2. The maximum absolute atomic E-state index is 12.6. The van der Waals surface area contributed by atoms with E-state index in [1.54, 1.807) is 0 Å². The zero-order valence-corrected chi connectivity index (χ0v) is 13.4. The molecule has 0 unspecified atom stereocenters. The molecule has 0 aliphatic heterocycles. The molecule has 3 aromatic heterocycles. The van der Waals surface area contributed by atoms with Gasteiger partial charge in [-0.05, 0) is 13.8 Å². The number of rotatable bonds is 0. The summed E-state index contributed by atoms with van der Waals surface area (Å²) in [5.41, 5.74) is 0.798. The van der Waals surface area contributed by atoms with Gasteiger partial charge in [-0.1, -0.05) is 0 Å². The Hall–Kier alpha value is -1.70. The lowest BCUT2D eigenvalue weighted by atomic mass is 10.3. The van der Waals surface area contributed by atoms with Crippen molar-refractivity contribution < 1.29 is 0 Å². The molecule has 5 aromatic rings. The maximum Gasteiger partial charge on any atom is 0.215 e. The molecule has 5 rings (SSSR count). The molecule has 0 saturated carbocycles. The van der Waals surface area contributed by atoms with Crippen LogP contribution < -0.4 is 10.9 Å². The third-order valence-electron chi connectivity index (χ3n) is 3.67. The lowest BCUT2D eigenvalue weighted by Gasteiger charge is -1.78. The first-order chi connectivity index (χ1) is 10.1. The molecule has 0 N–H and O–H groups in total. The van der Waals surface area contributed by atoms with Crippen molar-refractivity contribution in [1.29, 1.82) is 0 Å². The molecular weight excluding hydrogens is 324 g/mol. The summed E-state index contributed by atoms with van der Waals surface area (Å²) in [6.45, 7) is 3.79. The smallest absolute Gasteiger partial charge is 0.215 e. The summed E-state index contributed by atoms with van der Waals surface area (Å²) in [5, 5.41) is 2.87. The van der Waals surface area contributed by atoms with Crippen LogP contribution in [0.3, 0.4) is 0 Å². The standard InChI is InChI=1S/C14H6N2O2S3/c1-3-15-7-9(17)5-6-10(18)8-14(20-4(2)16-8)12(6)21-11(5)13(7)19-3/h1-2H3. The summed E-state index contributed by atoms with van der Waals surface area (Å²) in [7, 11) is 0. The number of aryl methyl sites for hydroxylation is 2. The van der Waals surface area contributed by atoms with Gasteiger partial charge in [-0.2, -0.15) is 0 Å². The van der Waals surface area contributed by atoms with Crippen LogP contribution in [0.25, 0.3) is 40.6 Å². The first-order valence-corrected chi connectivity index (χ1v) is 8.73. The highest BCUT2D eigenvalue weighted by Gasteiger charge is 2.25. The second-order valence-electron chi connectivity index (χ2n) is 4.99. The summed E-state index contributed by atoms with van der Waals surface area (Å²) in [6, 6.07) is 0. The summed E-state index contributed by atoms with van der Waals surface area (Å²) in [4.78, 5) is 33.8. The molecular formula is C14H6N2O2S3. The van der Waals surface area contributed by atoms with Gasteiger partial charge in [0.15, 0.2) is 0 Å². The van der Waals surface area contributed by atoms with Crippen molar-refractivity contribution in [2.24, 2.45) is 0 Å². The van der Waals surface area contributed by atoms with Crippen LogP contribution in [0.5, 0.6) is 0 Å². The van der Waals surface area contributed by atoms with Crippen molar-refractivity contribution in [2.45, 2.75) is 13.8 Å². The number of thiophene rings is 1. The molecule has 0 aliphatic carbocycles. The molecule has 0 fully saturated rings. The average Bonchev–Trinajstić information content (AvgIpc) is 3.15. The van der Waals surface area contributed by atoms with Crippen molar-refractivity contribution in [2.75, 3.05) is 0 Å². The van der Waals surface area contributed by atoms with Crippen LogP contribution in [0.2, 0.25) is 0 Å². The highest BCUT2D eigenvalue weighted by Crippen LogP contribution is 2.43. The van der Waals surface area contributed by atoms with E-state index in [1.165, 1.54) is 34.0 Å². The Morgan fingerprint density at radius 3 is 1.52 bits per heavy atom. The molecule has 0 saturated heterocycles. The van der Waals surface area contributed by atoms with Crippen LogP contribution in [0, 0.1) is 13.8 Å². The van der Waals surface area contributed by atoms with Gasteiger partial charge in [0, 0.05) is 0 Å². The fourth-order valence-corrected chi connectivity index (χ4v) is 6.29. The molecule has 4 nitrogen and oxygen atoms in total. The Bertz CT molecular complexity index is 1200. The van der Waals surface area contributed by atoms with E-state index in [9.17, 15) is 9.59 Å². The van der Waals surface area contributed by atoms with Gasteiger partial charge in [0.05, 0.1) is 39.6 Å². The first kappa shape index (κ1) is 11.9. The van der Waals surface area contributed by atoms with Crippen LogP contribution in [0.1, 0.15) is 10.0 Å². The van der Waals surface area contributed by atoms with Crippen LogP contribution in [-0.2, 0) is 0 Å². The molecule has 0 radical (unpaired) electrons.